The van der Waals surface area contributed by atoms with Crippen LogP contribution in [-0.2, 0) is 11.3 Å². The highest BCUT2D eigenvalue weighted by atomic mass is 16.5. The number of amides is 1. The molecule has 4 heteroatoms. The highest BCUT2D eigenvalue weighted by Crippen LogP contribution is 2.18. The first-order chi connectivity index (χ1) is 11.2. The third kappa shape index (κ3) is 5.54. The summed E-state index contributed by atoms with van der Waals surface area (Å²) >= 11 is 0. The number of hydrogen-bond acceptors (Lipinski definition) is 3. The van der Waals surface area contributed by atoms with Crippen LogP contribution in [0.25, 0.3) is 0 Å². The van der Waals surface area contributed by atoms with E-state index in [4.69, 9.17) is 4.74 Å². The number of ether oxygens (including phenoxy) is 1. The van der Waals surface area contributed by atoms with Gasteiger partial charge in [-0.05, 0) is 56.5 Å². The summed E-state index contributed by atoms with van der Waals surface area (Å²) in [6, 6.07) is 8.04. The number of benzene rings is 1. The smallest absolute Gasteiger partial charge is 0.237 e. The van der Waals surface area contributed by atoms with Crippen LogP contribution in [-0.4, -0.2) is 36.5 Å². The number of nitrogens with one attached hydrogen (secondary N) is 1. The number of likely N-dealkylation sites (tertiary alicyclic amines) is 1. The van der Waals surface area contributed by atoms with Crippen LogP contribution in [0.1, 0.15) is 51.5 Å². The maximum absolute atomic E-state index is 12.5. The Kier molecular flexibility index (Phi) is 7.40. The molecule has 1 amide bonds. The summed E-state index contributed by atoms with van der Waals surface area (Å²) in [4.78, 5) is 14.9. The van der Waals surface area contributed by atoms with E-state index < -0.39 is 0 Å². The van der Waals surface area contributed by atoms with Crippen molar-refractivity contribution < 1.29 is 9.53 Å². The zero-order chi connectivity index (χ0) is 16.5. The van der Waals surface area contributed by atoms with Gasteiger partial charge < -0.3 is 10.1 Å². The molecule has 1 saturated heterocycles. The van der Waals surface area contributed by atoms with Crippen molar-refractivity contribution in [1.82, 2.24) is 10.2 Å². The molecule has 0 bridgehead atoms. The predicted molar refractivity (Wildman–Crippen MR) is 93.6 cm³/mol. The molecular weight excluding hydrogens is 288 g/mol. The molecule has 1 heterocycles. The Balaban J connectivity index is 1.87. The van der Waals surface area contributed by atoms with Gasteiger partial charge in [0.1, 0.15) is 5.75 Å². The Labute approximate surface area is 140 Å². The fraction of sp³-hybridized carbons (Fsp3) is 0.632. The van der Waals surface area contributed by atoms with Gasteiger partial charge in [0, 0.05) is 6.54 Å². The molecule has 1 aromatic carbocycles. The van der Waals surface area contributed by atoms with E-state index in [0.29, 0.717) is 6.54 Å². The Bertz CT molecular complexity index is 488. The minimum Gasteiger partial charge on any atom is -0.494 e. The van der Waals surface area contributed by atoms with E-state index >= 15 is 0 Å². The fourth-order valence-electron chi connectivity index (χ4n) is 3.11. The van der Waals surface area contributed by atoms with Gasteiger partial charge in [0.15, 0.2) is 0 Å². The van der Waals surface area contributed by atoms with Crippen molar-refractivity contribution in [1.29, 1.82) is 0 Å². The van der Waals surface area contributed by atoms with Gasteiger partial charge in [-0.1, -0.05) is 32.4 Å². The van der Waals surface area contributed by atoms with Crippen molar-refractivity contribution in [3.05, 3.63) is 29.8 Å². The van der Waals surface area contributed by atoms with Crippen LogP contribution in [0.5, 0.6) is 5.75 Å². The van der Waals surface area contributed by atoms with E-state index in [2.05, 4.69) is 24.1 Å². The van der Waals surface area contributed by atoms with E-state index in [1.807, 2.05) is 24.3 Å². The molecule has 128 valence electrons. The molecule has 0 aromatic heterocycles. The van der Waals surface area contributed by atoms with Gasteiger partial charge in [0.2, 0.25) is 5.91 Å². The quantitative estimate of drug-likeness (QED) is 0.799. The largest absolute Gasteiger partial charge is 0.494 e. The molecule has 1 aliphatic rings. The first-order valence-corrected chi connectivity index (χ1v) is 8.98. The molecule has 1 fully saturated rings. The Morgan fingerprint density at radius 3 is 2.96 bits per heavy atom. The van der Waals surface area contributed by atoms with Gasteiger partial charge in [-0.3, -0.25) is 9.69 Å². The lowest BCUT2D eigenvalue weighted by Crippen LogP contribution is -2.49. The van der Waals surface area contributed by atoms with Crippen LogP contribution in [0.3, 0.4) is 0 Å². The lowest BCUT2D eigenvalue weighted by molar-refractivity contribution is -0.127. The molecule has 0 saturated carbocycles. The zero-order valence-electron chi connectivity index (χ0n) is 14.5. The summed E-state index contributed by atoms with van der Waals surface area (Å²) in [6.45, 7) is 7.62. The minimum atomic E-state index is 0.0447. The Morgan fingerprint density at radius 1 is 1.30 bits per heavy atom. The van der Waals surface area contributed by atoms with Gasteiger partial charge in [-0.15, -0.1) is 0 Å². The van der Waals surface area contributed by atoms with Gasteiger partial charge in [-0.25, -0.2) is 0 Å². The molecule has 1 N–H and O–H groups in total. The minimum absolute atomic E-state index is 0.0447. The van der Waals surface area contributed by atoms with Crippen LogP contribution in [0.2, 0.25) is 0 Å². The number of nitrogens with zero attached hydrogens (tertiary/aromatic N) is 1. The summed E-state index contributed by atoms with van der Waals surface area (Å²) in [5.41, 5.74) is 1.09. The van der Waals surface area contributed by atoms with Gasteiger partial charge in [0.25, 0.3) is 0 Å². The second-order valence-corrected chi connectivity index (χ2v) is 6.26. The maximum atomic E-state index is 12.5. The molecule has 0 radical (unpaired) electrons. The lowest BCUT2D eigenvalue weighted by atomic mass is 10.0. The number of carbonyl (C=O) groups excluding carboxylic acids is 1. The fourth-order valence-corrected chi connectivity index (χ4v) is 3.11. The number of rotatable bonds is 8. The van der Waals surface area contributed by atoms with Crippen molar-refractivity contribution in [2.24, 2.45) is 0 Å². The molecule has 0 spiro atoms. The molecule has 0 aliphatic carbocycles. The van der Waals surface area contributed by atoms with E-state index in [1.165, 1.54) is 6.42 Å². The second kappa shape index (κ2) is 9.56. The van der Waals surface area contributed by atoms with E-state index in [0.717, 1.165) is 56.7 Å². The standard InChI is InChI=1S/C19H30N2O2/c1-3-11-21-12-6-5-10-18(21)19(22)20-15-16-8-7-9-17(14-16)23-13-4-2/h7-9,14,18H,3-6,10-13,15H2,1-2H3,(H,20,22). The summed E-state index contributed by atoms with van der Waals surface area (Å²) in [5, 5.41) is 3.10. The number of carbonyl (C=O) groups is 1. The highest BCUT2D eigenvalue weighted by Gasteiger charge is 2.27. The molecule has 23 heavy (non-hydrogen) atoms. The average molecular weight is 318 g/mol. The van der Waals surface area contributed by atoms with Crippen molar-refractivity contribution in [2.75, 3.05) is 19.7 Å². The summed E-state index contributed by atoms with van der Waals surface area (Å²) in [6.07, 6.45) is 5.43. The van der Waals surface area contributed by atoms with Crippen molar-refractivity contribution in [2.45, 2.75) is 58.5 Å². The monoisotopic (exact) mass is 318 g/mol. The number of piperidine rings is 1. The number of hydrogen-bond donors (Lipinski definition) is 1. The molecule has 1 unspecified atom stereocenters. The maximum Gasteiger partial charge on any atom is 0.237 e. The van der Waals surface area contributed by atoms with E-state index in [-0.39, 0.29) is 11.9 Å². The van der Waals surface area contributed by atoms with Crippen LogP contribution in [0.15, 0.2) is 24.3 Å². The Hall–Kier alpha value is -1.55. The molecule has 1 aromatic rings. The molecule has 2 rings (SSSR count). The second-order valence-electron chi connectivity index (χ2n) is 6.26. The van der Waals surface area contributed by atoms with Crippen molar-refractivity contribution in [3.63, 3.8) is 0 Å². The van der Waals surface area contributed by atoms with Crippen molar-refractivity contribution >= 4 is 5.91 Å². The third-order valence-corrected chi connectivity index (χ3v) is 4.27. The highest BCUT2D eigenvalue weighted by molar-refractivity contribution is 5.81. The molecule has 1 atom stereocenters. The predicted octanol–water partition coefficient (Wildman–Crippen LogP) is 3.36. The van der Waals surface area contributed by atoms with Gasteiger partial charge >= 0.3 is 0 Å². The lowest BCUT2D eigenvalue weighted by Gasteiger charge is -2.34. The average Bonchev–Trinajstić information content (AvgIpc) is 2.59. The third-order valence-electron chi connectivity index (χ3n) is 4.27. The Morgan fingerprint density at radius 2 is 2.17 bits per heavy atom. The van der Waals surface area contributed by atoms with Gasteiger partial charge in [0.05, 0.1) is 12.6 Å². The van der Waals surface area contributed by atoms with E-state index in [1.54, 1.807) is 0 Å². The summed E-state index contributed by atoms with van der Waals surface area (Å²) < 4.78 is 5.65. The molecule has 1 aliphatic heterocycles. The summed E-state index contributed by atoms with van der Waals surface area (Å²) in [5.74, 6) is 1.04. The van der Waals surface area contributed by atoms with Crippen LogP contribution in [0.4, 0.5) is 0 Å². The molecule has 4 nitrogen and oxygen atoms in total. The normalized spacial score (nSPS) is 18.6. The van der Waals surface area contributed by atoms with E-state index in [9.17, 15) is 4.79 Å². The van der Waals surface area contributed by atoms with Crippen LogP contribution in [0, 0.1) is 0 Å². The van der Waals surface area contributed by atoms with Crippen LogP contribution < -0.4 is 10.1 Å². The van der Waals surface area contributed by atoms with Crippen LogP contribution >= 0.6 is 0 Å². The summed E-state index contributed by atoms with van der Waals surface area (Å²) in [7, 11) is 0. The first-order valence-electron chi connectivity index (χ1n) is 8.98. The van der Waals surface area contributed by atoms with Crippen molar-refractivity contribution in [3.8, 4) is 5.75 Å². The first kappa shape index (κ1) is 17.8. The topological polar surface area (TPSA) is 41.6 Å². The van der Waals surface area contributed by atoms with Gasteiger partial charge in [-0.2, -0.15) is 0 Å². The zero-order valence-corrected chi connectivity index (χ0v) is 14.5. The SMILES string of the molecule is CCCOc1cccc(CNC(=O)C2CCCCN2CCC)c1. The molecular formula is C19H30N2O2.